The average Bonchev–Trinajstić information content (AvgIpc) is 2.51. The molecule has 5 heteroatoms. The van der Waals surface area contributed by atoms with Crippen molar-refractivity contribution in [1.29, 1.82) is 0 Å². The van der Waals surface area contributed by atoms with E-state index in [1.165, 1.54) is 11.8 Å². The van der Waals surface area contributed by atoms with Gasteiger partial charge in [0.05, 0.1) is 0 Å². The normalized spacial score (nSPS) is 10.4. The lowest BCUT2D eigenvalue weighted by Gasteiger charge is -1.97. The predicted octanol–water partition coefficient (Wildman–Crippen LogP) is 2.58. The molecule has 0 saturated heterocycles. The minimum atomic E-state index is 0.545. The molecule has 0 aliphatic rings. The molecule has 0 amide bonds. The van der Waals surface area contributed by atoms with E-state index >= 15 is 0 Å². The lowest BCUT2D eigenvalue weighted by molar-refractivity contribution is 1.12. The Morgan fingerprint density at radius 1 is 1.36 bits per heavy atom. The minimum Gasteiger partial charge on any atom is -0.384 e. The van der Waals surface area contributed by atoms with Crippen molar-refractivity contribution >= 4 is 28.9 Å². The van der Waals surface area contributed by atoms with Gasteiger partial charge in [-0.15, -0.1) is 11.3 Å². The highest BCUT2D eigenvalue weighted by atomic mass is 32.2. The van der Waals surface area contributed by atoms with E-state index in [4.69, 9.17) is 5.73 Å². The maximum absolute atomic E-state index is 5.58. The van der Waals surface area contributed by atoms with Crippen LogP contribution in [0.4, 0.5) is 5.82 Å². The second kappa shape index (κ2) is 3.98. The summed E-state index contributed by atoms with van der Waals surface area (Å²) in [5, 5.41) is 2.91. The molecule has 0 radical (unpaired) electrons. The number of anilines is 1. The van der Waals surface area contributed by atoms with Gasteiger partial charge in [-0.25, -0.2) is 9.97 Å². The van der Waals surface area contributed by atoms with Crippen LogP contribution in [0.1, 0.15) is 5.69 Å². The summed E-state index contributed by atoms with van der Waals surface area (Å²) in [6.07, 6.45) is 0. The topological polar surface area (TPSA) is 51.8 Å². The van der Waals surface area contributed by atoms with Crippen molar-refractivity contribution in [2.45, 2.75) is 16.3 Å². The minimum absolute atomic E-state index is 0.545. The largest absolute Gasteiger partial charge is 0.384 e. The van der Waals surface area contributed by atoms with Gasteiger partial charge >= 0.3 is 0 Å². The number of rotatable bonds is 2. The Bertz CT molecular complexity index is 439. The van der Waals surface area contributed by atoms with Crippen LogP contribution in [0.3, 0.4) is 0 Å². The van der Waals surface area contributed by atoms with Gasteiger partial charge in [-0.3, -0.25) is 0 Å². The maximum Gasteiger partial charge on any atom is 0.156 e. The fourth-order valence-electron chi connectivity index (χ4n) is 0.956. The summed E-state index contributed by atoms with van der Waals surface area (Å²) in [6, 6.07) is 5.60. The third-order valence-electron chi connectivity index (χ3n) is 1.53. The van der Waals surface area contributed by atoms with Gasteiger partial charge in [-0.05, 0) is 30.8 Å². The zero-order valence-corrected chi connectivity index (χ0v) is 9.23. The zero-order valence-electron chi connectivity index (χ0n) is 7.60. The van der Waals surface area contributed by atoms with E-state index < -0.39 is 0 Å². The SMILES string of the molecule is Cc1csc(Sc2cccc(N)n2)n1. The van der Waals surface area contributed by atoms with E-state index in [-0.39, 0.29) is 0 Å². The number of aryl methyl sites for hydroxylation is 1. The van der Waals surface area contributed by atoms with Gasteiger partial charge in [0.15, 0.2) is 4.34 Å². The van der Waals surface area contributed by atoms with Gasteiger partial charge in [0.25, 0.3) is 0 Å². The molecule has 0 atom stereocenters. The van der Waals surface area contributed by atoms with Gasteiger partial charge < -0.3 is 5.73 Å². The first-order chi connectivity index (χ1) is 6.74. The lowest BCUT2D eigenvalue weighted by Crippen LogP contribution is -1.89. The van der Waals surface area contributed by atoms with Crippen LogP contribution >= 0.6 is 23.1 Å². The number of pyridine rings is 1. The number of nitrogen functional groups attached to an aromatic ring is 1. The Kier molecular flexibility index (Phi) is 2.69. The molecule has 0 aliphatic heterocycles. The first-order valence-electron chi connectivity index (χ1n) is 4.06. The van der Waals surface area contributed by atoms with Crippen molar-refractivity contribution in [3.63, 3.8) is 0 Å². The number of hydrogen-bond donors (Lipinski definition) is 1. The molecule has 0 aliphatic carbocycles. The van der Waals surface area contributed by atoms with Crippen molar-refractivity contribution in [3.05, 3.63) is 29.3 Å². The van der Waals surface area contributed by atoms with Crippen LogP contribution in [0, 0.1) is 6.92 Å². The molecule has 0 fully saturated rings. The Morgan fingerprint density at radius 2 is 2.21 bits per heavy atom. The molecule has 0 spiro atoms. The average molecular weight is 223 g/mol. The van der Waals surface area contributed by atoms with Gasteiger partial charge in [-0.1, -0.05) is 6.07 Å². The third-order valence-corrected chi connectivity index (χ3v) is 3.53. The highest BCUT2D eigenvalue weighted by Gasteiger charge is 2.02. The molecule has 14 heavy (non-hydrogen) atoms. The van der Waals surface area contributed by atoms with Gasteiger partial charge in [-0.2, -0.15) is 0 Å². The summed E-state index contributed by atoms with van der Waals surface area (Å²) in [5.74, 6) is 0.545. The van der Waals surface area contributed by atoms with E-state index in [1.807, 2.05) is 24.4 Å². The van der Waals surface area contributed by atoms with Crippen LogP contribution in [0.15, 0.2) is 32.9 Å². The van der Waals surface area contributed by atoms with Gasteiger partial charge in [0.2, 0.25) is 0 Å². The number of nitrogens with two attached hydrogens (primary N) is 1. The molecule has 2 heterocycles. The van der Waals surface area contributed by atoms with Crippen molar-refractivity contribution < 1.29 is 0 Å². The quantitative estimate of drug-likeness (QED) is 0.850. The third kappa shape index (κ3) is 2.24. The Hall–Kier alpha value is -1.07. The number of aromatic nitrogens is 2. The Balaban J connectivity index is 2.18. The molecule has 2 aromatic heterocycles. The second-order valence-corrected chi connectivity index (χ2v) is 4.88. The van der Waals surface area contributed by atoms with E-state index in [2.05, 4.69) is 9.97 Å². The number of thiazole rings is 1. The first-order valence-corrected chi connectivity index (χ1v) is 5.76. The molecule has 72 valence electrons. The monoisotopic (exact) mass is 223 g/mol. The molecule has 0 bridgehead atoms. The molecule has 2 aromatic rings. The Labute approximate surface area is 90.4 Å². The molecule has 0 saturated carbocycles. The molecule has 2 rings (SSSR count). The molecular formula is C9H9N3S2. The van der Waals surface area contributed by atoms with Gasteiger partial charge in [0.1, 0.15) is 10.8 Å². The van der Waals surface area contributed by atoms with Crippen LogP contribution in [0.5, 0.6) is 0 Å². The smallest absolute Gasteiger partial charge is 0.156 e. The summed E-state index contributed by atoms with van der Waals surface area (Å²) in [4.78, 5) is 8.52. The number of hydrogen-bond acceptors (Lipinski definition) is 5. The molecule has 3 nitrogen and oxygen atoms in total. The van der Waals surface area contributed by atoms with Crippen LogP contribution in [-0.4, -0.2) is 9.97 Å². The van der Waals surface area contributed by atoms with Crippen molar-refractivity contribution in [2.75, 3.05) is 5.73 Å². The van der Waals surface area contributed by atoms with Crippen molar-refractivity contribution in [1.82, 2.24) is 9.97 Å². The molecule has 2 N–H and O–H groups in total. The standard InChI is InChI=1S/C9H9N3S2/c1-6-5-13-9(11-6)14-8-4-2-3-7(10)12-8/h2-5H,1H3,(H2,10,12). The fraction of sp³-hybridized carbons (Fsp3) is 0.111. The summed E-state index contributed by atoms with van der Waals surface area (Å²) < 4.78 is 1.00. The summed E-state index contributed by atoms with van der Waals surface area (Å²) in [6.45, 7) is 1.98. The van der Waals surface area contributed by atoms with Crippen molar-refractivity contribution in [2.24, 2.45) is 0 Å². The van der Waals surface area contributed by atoms with Crippen LogP contribution in [0.2, 0.25) is 0 Å². The highest BCUT2D eigenvalue weighted by Crippen LogP contribution is 2.28. The number of nitrogens with zero attached hydrogens (tertiary/aromatic N) is 2. The zero-order chi connectivity index (χ0) is 9.97. The summed E-state index contributed by atoms with van der Waals surface area (Å²) >= 11 is 3.16. The second-order valence-electron chi connectivity index (χ2n) is 2.76. The summed E-state index contributed by atoms with van der Waals surface area (Å²) in [7, 11) is 0. The molecule has 0 aromatic carbocycles. The van der Waals surface area contributed by atoms with Crippen LogP contribution in [0.25, 0.3) is 0 Å². The first kappa shape index (κ1) is 9.48. The van der Waals surface area contributed by atoms with E-state index in [0.717, 1.165) is 15.1 Å². The van der Waals surface area contributed by atoms with Crippen LogP contribution in [-0.2, 0) is 0 Å². The maximum atomic E-state index is 5.58. The van der Waals surface area contributed by atoms with E-state index in [0.29, 0.717) is 5.82 Å². The highest BCUT2D eigenvalue weighted by molar-refractivity contribution is 8.01. The van der Waals surface area contributed by atoms with Crippen molar-refractivity contribution in [3.8, 4) is 0 Å². The van der Waals surface area contributed by atoms with Gasteiger partial charge in [0, 0.05) is 11.1 Å². The lowest BCUT2D eigenvalue weighted by atomic mass is 10.5. The Morgan fingerprint density at radius 3 is 2.86 bits per heavy atom. The molecular weight excluding hydrogens is 214 g/mol. The fourth-order valence-corrected chi connectivity index (χ4v) is 2.74. The predicted molar refractivity (Wildman–Crippen MR) is 59.6 cm³/mol. The van der Waals surface area contributed by atoms with Crippen LogP contribution < -0.4 is 5.73 Å². The van der Waals surface area contributed by atoms with E-state index in [1.54, 1.807) is 17.4 Å². The summed E-state index contributed by atoms with van der Waals surface area (Å²) in [5.41, 5.74) is 6.62. The van der Waals surface area contributed by atoms with E-state index in [9.17, 15) is 0 Å². The molecule has 0 unspecified atom stereocenters.